The van der Waals surface area contributed by atoms with Crippen molar-refractivity contribution in [3.8, 4) is 11.3 Å². The summed E-state index contributed by atoms with van der Waals surface area (Å²) in [5.41, 5.74) is 1.80. The summed E-state index contributed by atoms with van der Waals surface area (Å²) in [6.07, 6.45) is 11.1. The van der Waals surface area contributed by atoms with Crippen molar-refractivity contribution in [1.29, 1.82) is 0 Å². The molecule has 1 aliphatic heterocycles. The van der Waals surface area contributed by atoms with E-state index in [1.165, 1.54) is 38.3 Å². The van der Waals surface area contributed by atoms with Gasteiger partial charge in [0.25, 0.3) is 24.4 Å². The van der Waals surface area contributed by atoms with Crippen molar-refractivity contribution < 1.29 is 24.6 Å². The molecular formula is C24H32N4O6. The smallest absolute Gasteiger partial charge is 0.290 e. The number of nitrogens with zero attached hydrogens (tertiary/aromatic N) is 2. The first-order valence-electron chi connectivity index (χ1n) is 11.3. The van der Waals surface area contributed by atoms with Gasteiger partial charge in [-0.2, -0.15) is 0 Å². The van der Waals surface area contributed by atoms with Crippen LogP contribution in [0.5, 0.6) is 0 Å². The molecule has 2 aliphatic rings. The zero-order valence-corrected chi connectivity index (χ0v) is 19.1. The summed E-state index contributed by atoms with van der Waals surface area (Å²) in [6, 6.07) is 7.36. The van der Waals surface area contributed by atoms with Crippen molar-refractivity contribution in [2.45, 2.75) is 50.5 Å². The quantitative estimate of drug-likeness (QED) is 0.484. The van der Waals surface area contributed by atoms with Crippen LogP contribution in [0.1, 0.15) is 55.3 Å². The Morgan fingerprint density at radius 1 is 1.00 bits per heavy atom. The highest BCUT2D eigenvalue weighted by Crippen LogP contribution is 2.30. The van der Waals surface area contributed by atoms with E-state index in [4.69, 9.17) is 19.8 Å². The van der Waals surface area contributed by atoms with Gasteiger partial charge in [-0.1, -0.05) is 31.4 Å². The first kappa shape index (κ1) is 26.7. The highest BCUT2D eigenvalue weighted by Gasteiger charge is 2.36. The summed E-state index contributed by atoms with van der Waals surface area (Å²) in [4.78, 5) is 50.4. The standard InChI is InChI=1S/C22H28N4O2.2CH2O2/c27-20-15-23-14-19(24-20)17-6-8-18(9-7-17)21(28)25-22(10-2-1-3-11-22)16-26-12-4-5-13-26;2*2-1-3/h6-9,14-15H,1-5,10-13,16H2,(H,24,27)(H,25,28);2*1H,(H,2,3). The van der Waals surface area contributed by atoms with E-state index >= 15 is 0 Å². The van der Waals surface area contributed by atoms with Gasteiger partial charge in [-0.05, 0) is 56.5 Å². The van der Waals surface area contributed by atoms with E-state index in [1.54, 1.807) is 6.20 Å². The van der Waals surface area contributed by atoms with Crippen molar-refractivity contribution in [3.63, 3.8) is 0 Å². The Labute approximate surface area is 198 Å². The van der Waals surface area contributed by atoms with Crippen LogP contribution in [0.25, 0.3) is 11.3 Å². The lowest BCUT2D eigenvalue weighted by molar-refractivity contribution is -0.123. The van der Waals surface area contributed by atoms with E-state index < -0.39 is 0 Å². The second-order valence-corrected chi connectivity index (χ2v) is 8.38. The average Bonchev–Trinajstić information content (AvgIpc) is 3.33. The molecule has 2 aromatic rings. The zero-order chi connectivity index (χ0) is 24.8. The number of amides is 1. The van der Waals surface area contributed by atoms with E-state index in [0.717, 1.165) is 38.0 Å². The van der Waals surface area contributed by atoms with Gasteiger partial charge in [-0.15, -0.1) is 0 Å². The third kappa shape index (κ3) is 8.11. The predicted molar refractivity (Wildman–Crippen MR) is 127 cm³/mol. The number of likely N-dealkylation sites (tertiary alicyclic amines) is 1. The number of H-pyrrole nitrogens is 1. The van der Waals surface area contributed by atoms with Crippen LogP contribution in [-0.2, 0) is 9.59 Å². The van der Waals surface area contributed by atoms with Crippen LogP contribution in [0.2, 0.25) is 0 Å². The van der Waals surface area contributed by atoms with Gasteiger partial charge in [-0.3, -0.25) is 24.2 Å². The summed E-state index contributed by atoms with van der Waals surface area (Å²) >= 11 is 0. The molecule has 1 aliphatic carbocycles. The molecule has 0 bridgehead atoms. The third-order valence-corrected chi connectivity index (χ3v) is 6.03. The maximum absolute atomic E-state index is 13.0. The SMILES string of the molecule is O=C(NC1(CN2CCCC2)CCCCC1)c1ccc(-c2cncc(=O)[nH]2)cc1.O=CO.O=CO. The molecule has 1 amide bonds. The van der Waals surface area contributed by atoms with Gasteiger partial charge < -0.3 is 25.4 Å². The third-order valence-electron chi connectivity index (χ3n) is 6.03. The zero-order valence-electron chi connectivity index (χ0n) is 19.1. The number of aromatic nitrogens is 2. The topological polar surface area (TPSA) is 153 Å². The summed E-state index contributed by atoms with van der Waals surface area (Å²) in [7, 11) is 0. The van der Waals surface area contributed by atoms with E-state index in [1.807, 2.05) is 24.3 Å². The van der Waals surface area contributed by atoms with Gasteiger partial charge in [0, 0.05) is 12.1 Å². The van der Waals surface area contributed by atoms with Crippen LogP contribution in [-0.4, -0.2) is 69.1 Å². The van der Waals surface area contributed by atoms with Gasteiger partial charge in [0.2, 0.25) is 0 Å². The Balaban J connectivity index is 0.000000618. The molecule has 1 saturated carbocycles. The molecule has 34 heavy (non-hydrogen) atoms. The maximum atomic E-state index is 13.0. The fourth-order valence-electron chi connectivity index (χ4n) is 4.56. The molecule has 4 rings (SSSR count). The number of carbonyl (C=O) groups is 3. The van der Waals surface area contributed by atoms with E-state index in [-0.39, 0.29) is 29.9 Å². The van der Waals surface area contributed by atoms with Gasteiger partial charge in [-0.25, -0.2) is 0 Å². The minimum atomic E-state index is -0.250. The molecule has 184 valence electrons. The Morgan fingerprint density at radius 3 is 2.15 bits per heavy atom. The average molecular weight is 473 g/mol. The Morgan fingerprint density at radius 2 is 1.59 bits per heavy atom. The molecule has 0 unspecified atom stereocenters. The summed E-state index contributed by atoms with van der Waals surface area (Å²) < 4.78 is 0. The van der Waals surface area contributed by atoms with Crippen LogP contribution in [0.15, 0.2) is 41.5 Å². The number of nitrogens with one attached hydrogen (secondary N) is 2. The number of hydrogen-bond donors (Lipinski definition) is 4. The number of rotatable bonds is 5. The van der Waals surface area contributed by atoms with E-state index in [2.05, 4.69) is 20.2 Å². The van der Waals surface area contributed by atoms with E-state index in [0.29, 0.717) is 11.3 Å². The minimum Gasteiger partial charge on any atom is -0.483 e. The van der Waals surface area contributed by atoms with Crippen LogP contribution in [0, 0.1) is 0 Å². The lowest BCUT2D eigenvalue weighted by Crippen LogP contribution is -2.56. The molecule has 10 heteroatoms. The van der Waals surface area contributed by atoms with Crippen molar-refractivity contribution in [1.82, 2.24) is 20.2 Å². The number of benzene rings is 1. The Bertz CT molecular complexity index is 958. The van der Waals surface area contributed by atoms with Crippen LogP contribution in [0.4, 0.5) is 0 Å². The lowest BCUT2D eigenvalue weighted by Gasteiger charge is -2.41. The monoisotopic (exact) mass is 472 g/mol. The summed E-state index contributed by atoms with van der Waals surface area (Å²) in [6.45, 7) is 2.76. The van der Waals surface area contributed by atoms with Crippen molar-refractivity contribution in [2.24, 2.45) is 0 Å². The molecule has 0 spiro atoms. The largest absolute Gasteiger partial charge is 0.483 e. The highest BCUT2D eigenvalue weighted by molar-refractivity contribution is 5.95. The molecule has 1 aromatic carbocycles. The maximum Gasteiger partial charge on any atom is 0.290 e. The van der Waals surface area contributed by atoms with Crippen LogP contribution < -0.4 is 10.9 Å². The molecule has 1 aromatic heterocycles. The number of carbonyl (C=O) groups excluding carboxylic acids is 1. The van der Waals surface area contributed by atoms with Gasteiger partial charge in [0.15, 0.2) is 0 Å². The molecule has 0 radical (unpaired) electrons. The minimum absolute atomic E-state index is 0.00710. The molecule has 1 saturated heterocycles. The van der Waals surface area contributed by atoms with E-state index in [9.17, 15) is 9.59 Å². The second kappa shape index (κ2) is 13.9. The lowest BCUT2D eigenvalue weighted by atomic mass is 9.81. The molecule has 2 fully saturated rings. The van der Waals surface area contributed by atoms with Crippen LogP contribution in [0.3, 0.4) is 0 Å². The van der Waals surface area contributed by atoms with Crippen LogP contribution >= 0.6 is 0 Å². The Hall–Kier alpha value is -3.53. The first-order chi connectivity index (χ1) is 16.5. The highest BCUT2D eigenvalue weighted by atomic mass is 16.3. The normalized spacial score (nSPS) is 16.7. The first-order valence-corrected chi connectivity index (χ1v) is 11.3. The van der Waals surface area contributed by atoms with Crippen molar-refractivity contribution in [2.75, 3.05) is 19.6 Å². The number of carboxylic acid groups (broad SMARTS) is 2. The second-order valence-electron chi connectivity index (χ2n) is 8.38. The summed E-state index contributed by atoms with van der Waals surface area (Å²) in [5.74, 6) is -0.00710. The van der Waals surface area contributed by atoms with Gasteiger partial charge >= 0.3 is 0 Å². The van der Waals surface area contributed by atoms with Crippen molar-refractivity contribution >= 4 is 18.9 Å². The van der Waals surface area contributed by atoms with Crippen molar-refractivity contribution in [3.05, 3.63) is 52.6 Å². The summed E-state index contributed by atoms with van der Waals surface area (Å²) in [5, 5.41) is 17.2. The van der Waals surface area contributed by atoms with Gasteiger partial charge in [0.05, 0.1) is 23.6 Å². The molecule has 0 atom stereocenters. The molecule has 4 N–H and O–H groups in total. The molecule has 2 heterocycles. The fraction of sp³-hybridized carbons (Fsp3) is 0.458. The fourth-order valence-corrected chi connectivity index (χ4v) is 4.56. The molecule has 10 nitrogen and oxygen atoms in total. The number of aromatic amines is 1. The number of hydrogen-bond acceptors (Lipinski definition) is 6. The molecular weight excluding hydrogens is 440 g/mol. The van der Waals surface area contributed by atoms with Gasteiger partial charge in [0.1, 0.15) is 0 Å². The predicted octanol–water partition coefficient (Wildman–Crippen LogP) is 2.37. The Kier molecular flexibility index (Phi) is 10.9.